The monoisotopic (exact) mass is 347 g/mol. The van der Waals surface area contributed by atoms with E-state index in [2.05, 4.69) is 25.7 Å². The van der Waals surface area contributed by atoms with E-state index in [-0.39, 0.29) is 12.7 Å². The van der Waals surface area contributed by atoms with Crippen molar-refractivity contribution in [3.63, 3.8) is 0 Å². The third-order valence-corrected chi connectivity index (χ3v) is 2.58. The summed E-state index contributed by atoms with van der Waals surface area (Å²) in [6.45, 7) is 1.33. The van der Waals surface area contributed by atoms with Gasteiger partial charge in [-0.3, -0.25) is 0 Å². The fourth-order valence-electron chi connectivity index (χ4n) is 1.26. The van der Waals surface area contributed by atoms with Crippen molar-refractivity contribution in [2.45, 2.75) is 19.5 Å². The van der Waals surface area contributed by atoms with Gasteiger partial charge in [0, 0.05) is 5.56 Å². The standard InChI is InChI=1S/C10H7BrF5NO2/c1-2-19-9(18)6-4(8(12)13)3-5(10(14,15)16)17-7(6)11/h3,8H,2H2,1H3. The van der Waals surface area contributed by atoms with Crippen LogP contribution in [0.3, 0.4) is 0 Å². The number of carbonyl (C=O) groups excluding carboxylic acids is 1. The van der Waals surface area contributed by atoms with Crippen molar-refractivity contribution in [1.29, 1.82) is 0 Å². The summed E-state index contributed by atoms with van der Waals surface area (Å²) >= 11 is 2.58. The summed E-state index contributed by atoms with van der Waals surface area (Å²) in [6.07, 6.45) is -8.15. The SMILES string of the molecule is CCOC(=O)c1c(C(F)F)cc(C(F)(F)F)nc1Br. The number of aromatic nitrogens is 1. The third-order valence-electron chi connectivity index (χ3n) is 2.01. The molecule has 1 aromatic rings. The van der Waals surface area contributed by atoms with Crippen LogP contribution in [0.5, 0.6) is 0 Å². The molecule has 106 valence electrons. The molecule has 3 nitrogen and oxygen atoms in total. The highest BCUT2D eigenvalue weighted by molar-refractivity contribution is 9.10. The van der Waals surface area contributed by atoms with Gasteiger partial charge in [0.2, 0.25) is 0 Å². The van der Waals surface area contributed by atoms with Gasteiger partial charge in [0.05, 0.1) is 6.61 Å². The number of nitrogens with zero attached hydrogens (tertiary/aromatic N) is 1. The molecule has 0 radical (unpaired) electrons. The topological polar surface area (TPSA) is 39.2 Å². The van der Waals surface area contributed by atoms with E-state index in [1.165, 1.54) is 6.92 Å². The Balaban J connectivity index is 3.44. The molecule has 0 atom stereocenters. The normalized spacial score (nSPS) is 11.8. The number of pyridine rings is 1. The molecular weight excluding hydrogens is 341 g/mol. The minimum Gasteiger partial charge on any atom is -0.462 e. The summed E-state index contributed by atoms with van der Waals surface area (Å²) in [7, 11) is 0. The van der Waals surface area contributed by atoms with Gasteiger partial charge in [-0.25, -0.2) is 18.6 Å². The fraction of sp³-hybridized carbons (Fsp3) is 0.400. The molecule has 9 heteroatoms. The predicted molar refractivity (Wildman–Crippen MR) is 57.9 cm³/mol. The molecule has 0 unspecified atom stereocenters. The van der Waals surface area contributed by atoms with Gasteiger partial charge < -0.3 is 4.74 Å². The lowest BCUT2D eigenvalue weighted by Crippen LogP contribution is -2.15. The first-order valence-corrected chi connectivity index (χ1v) is 5.70. The van der Waals surface area contributed by atoms with Crippen molar-refractivity contribution in [2.24, 2.45) is 0 Å². The second-order valence-electron chi connectivity index (χ2n) is 3.28. The van der Waals surface area contributed by atoms with E-state index >= 15 is 0 Å². The molecule has 0 bridgehead atoms. The molecule has 0 saturated heterocycles. The lowest BCUT2D eigenvalue weighted by molar-refractivity contribution is -0.141. The average Bonchev–Trinajstić information content (AvgIpc) is 2.26. The highest BCUT2D eigenvalue weighted by Gasteiger charge is 2.36. The van der Waals surface area contributed by atoms with Crippen LogP contribution < -0.4 is 0 Å². The number of rotatable bonds is 3. The number of hydrogen-bond donors (Lipinski definition) is 0. The van der Waals surface area contributed by atoms with Crippen molar-refractivity contribution < 1.29 is 31.5 Å². The molecule has 0 amide bonds. The lowest BCUT2D eigenvalue weighted by Gasteiger charge is -2.13. The highest BCUT2D eigenvalue weighted by Crippen LogP contribution is 2.35. The van der Waals surface area contributed by atoms with Crippen LogP contribution >= 0.6 is 15.9 Å². The van der Waals surface area contributed by atoms with Gasteiger partial charge in [-0.2, -0.15) is 13.2 Å². The van der Waals surface area contributed by atoms with Crippen LogP contribution in [0.4, 0.5) is 22.0 Å². The van der Waals surface area contributed by atoms with Crippen LogP contribution in [-0.2, 0) is 10.9 Å². The molecule has 1 aromatic heterocycles. The van der Waals surface area contributed by atoms with E-state index in [9.17, 15) is 26.7 Å². The molecule has 0 saturated carbocycles. The predicted octanol–water partition coefficient (Wildman–Crippen LogP) is 3.98. The molecule has 0 aliphatic rings. The number of ether oxygens (including phenoxy) is 1. The van der Waals surface area contributed by atoms with Gasteiger partial charge in [0.15, 0.2) is 0 Å². The van der Waals surface area contributed by atoms with E-state index < -0.39 is 40.0 Å². The molecule has 0 fully saturated rings. The van der Waals surface area contributed by atoms with E-state index in [0.717, 1.165) is 0 Å². The maximum Gasteiger partial charge on any atom is 0.433 e. The van der Waals surface area contributed by atoms with Gasteiger partial charge in [0.1, 0.15) is 15.9 Å². The molecule has 1 heterocycles. The molecule has 0 aliphatic heterocycles. The number of esters is 1. The second-order valence-corrected chi connectivity index (χ2v) is 4.03. The van der Waals surface area contributed by atoms with Crippen LogP contribution in [0.25, 0.3) is 0 Å². The Morgan fingerprint density at radius 3 is 2.47 bits per heavy atom. The lowest BCUT2D eigenvalue weighted by atomic mass is 10.1. The quantitative estimate of drug-likeness (QED) is 0.471. The Bertz CT molecular complexity index is 490. The summed E-state index contributed by atoms with van der Waals surface area (Å²) < 4.78 is 66.7. The van der Waals surface area contributed by atoms with Crippen molar-refractivity contribution in [1.82, 2.24) is 4.98 Å². The molecule has 0 spiro atoms. The molecule has 19 heavy (non-hydrogen) atoms. The number of hydrogen-bond acceptors (Lipinski definition) is 3. The van der Waals surface area contributed by atoms with Crippen molar-refractivity contribution in [2.75, 3.05) is 6.61 Å². The van der Waals surface area contributed by atoms with Gasteiger partial charge in [-0.05, 0) is 28.9 Å². The van der Waals surface area contributed by atoms with E-state index in [4.69, 9.17) is 0 Å². The van der Waals surface area contributed by atoms with E-state index in [0.29, 0.717) is 0 Å². The minimum absolute atomic E-state index is 0.102. The van der Waals surface area contributed by atoms with Crippen LogP contribution in [0.15, 0.2) is 10.7 Å². The van der Waals surface area contributed by atoms with Crippen molar-refractivity contribution in [3.05, 3.63) is 27.5 Å². The van der Waals surface area contributed by atoms with Gasteiger partial charge in [-0.1, -0.05) is 0 Å². The van der Waals surface area contributed by atoms with Gasteiger partial charge in [0.25, 0.3) is 6.43 Å². The van der Waals surface area contributed by atoms with Gasteiger partial charge in [-0.15, -0.1) is 0 Å². The summed E-state index contributed by atoms with van der Waals surface area (Å²) in [6, 6.07) is 0.141. The maximum atomic E-state index is 12.8. The second kappa shape index (κ2) is 5.81. The zero-order valence-corrected chi connectivity index (χ0v) is 11.0. The summed E-state index contributed by atoms with van der Waals surface area (Å²) in [5.41, 5.74) is -3.29. The Morgan fingerprint density at radius 1 is 1.47 bits per heavy atom. The zero-order valence-electron chi connectivity index (χ0n) is 9.39. The smallest absolute Gasteiger partial charge is 0.433 e. The Kier molecular flexibility index (Phi) is 4.83. The zero-order chi connectivity index (χ0) is 14.8. The third kappa shape index (κ3) is 3.62. The van der Waals surface area contributed by atoms with E-state index in [1.54, 1.807) is 0 Å². The first-order chi connectivity index (χ1) is 8.68. The van der Waals surface area contributed by atoms with Crippen LogP contribution in [0.1, 0.15) is 35.0 Å². The van der Waals surface area contributed by atoms with Crippen LogP contribution in [-0.4, -0.2) is 17.6 Å². The van der Waals surface area contributed by atoms with Gasteiger partial charge >= 0.3 is 12.1 Å². The van der Waals surface area contributed by atoms with Crippen LogP contribution in [0, 0.1) is 0 Å². The Labute approximate surface area is 112 Å². The molecule has 0 aromatic carbocycles. The highest BCUT2D eigenvalue weighted by atomic mass is 79.9. The van der Waals surface area contributed by atoms with E-state index in [1.807, 2.05) is 0 Å². The Hall–Kier alpha value is -1.25. The largest absolute Gasteiger partial charge is 0.462 e. The molecule has 0 aliphatic carbocycles. The average molecular weight is 348 g/mol. The van der Waals surface area contributed by atoms with Crippen LogP contribution in [0.2, 0.25) is 0 Å². The number of carbonyl (C=O) groups is 1. The molecule has 1 rings (SSSR count). The molecular formula is C10H7BrF5NO2. The summed E-state index contributed by atoms with van der Waals surface area (Å²) in [4.78, 5) is 14.5. The fourth-order valence-corrected chi connectivity index (χ4v) is 1.84. The minimum atomic E-state index is -4.89. The first kappa shape index (κ1) is 15.8. The first-order valence-electron chi connectivity index (χ1n) is 4.91. The summed E-state index contributed by atoms with van der Waals surface area (Å²) in [5, 5.41) is 0. The number of alkyl halides is 5. The van der Waals surface area contributed by atoms with Crippen molar-refractivity contribution >= 4 is 21.9 Å². The number of halogens is 6. The summed E-state index contributed by atoms with van der Waals surface area (Å²) in [5.74, 6) is -1.16. The van der Waals surface area contributed by atoms with Crippen molar-refractivity contribution in [3.8, 4) is 0 Å². The molecule has 0 N–H and O–H groups in total. The maximum absolute atomic E-state index is 12.8. The Morgan fingerprint density at radius 2 is 2.05 bits per heavy atom.